The second kappa shape index (κ2) is 8.03. The van der Waals surface area contributed by atoms with Gasteiger partial charge < -0.3 is 14.8 Å². The van der Waals surface area contributed by atoms with Gasteiger partial charge in [-0.05, 0) is 62.2 Å². The van der Waals surface area contributed by atoms with E-state index in [1.165, 1.54) is 14.0 Å². The van der Waals surface area contributed by atoms with Crippen molar-refractivity contribution in [3.8, 4) is 5.75 Å². The number of methoxy groups -OCH3 is 1. The second-order valence-electron chi connectivity index (χ2n) is 5.68. The maximum Gasteiger partial charge on any atom is 0.338 e. The highest BCUT2D eigenvalue weighted by Gasteiger charge is 2.20. The van der Waals surface area contributed by atoms with Crippen LogP contribution in [-0.4, -0.2) is 25.1 Å². The lowest BCUT2D eigenvalue weighted by atomic mass is 10.1. The minimum absolute atomic E-state index is 0.406. The number of hydrogen-bond donors (Lipinski definition) is 1. The molecule has 6 heteroatoms. The first-order valence-electron chi connectivity index (χ1n) is 7.74. The molecule has 5 nitrogen and oxygen atoms in total. The number of carbonyl (C=O) groups excluding carboxylic acids is 2. The highest BCUT2D eigenvalue weighted by molar-refractivity contribution is 6.31. The Morgan fingerprint density at radius 3 is 2.44 bits per heavy atom. The summed E-state index contributed by atoms with van der Waals surface area (Å²) in [5.41, 5.74) is 2.88. The van der Waals surface area contributed by atoms with Crippen molar-refractivity contribution in [3.63, 3.8) is 0 Å². The molecule has 1 atom stereocenters. The molecule has 0 spiro atoms. The van der Waals surface area contributed by atoms with Crippen LogP contribution in [0.3, 0.4) is 0 Å². The van der Waals surface area contributed by atoms with E-state index in [0.717, 1.165) is 11.1 Å². The monoisotopic (exact) mass is 361 g/mol. The molecular weight excluding hydrogens is 342 g/mol. The summed E-state index contributed by atoms with van der Waals surface area (Å²) in [5.74, 6) is -0.563. The van der Waals surface area contributed by atoms with Crippen LogP contribution in [0, 0.1) is 13.8 Å². The van der Waals surface area contributed by atoms with E-state index >= 15 is 0 Å². The van der Waals surface area contributed by atoms with Gasteiger partial charge in [-0.2, -0.15) is 0 Å². The van der Waals surface area contributed by atoms with Gasteiger partial charge in [0.05, 0.1) is 18.4 Å². The zero-order valence-electron chi connectivity index (χ0n) is 14.6. The fourth-order valence-corrected chi connectivity index (χ4v) is 2.33. The number of aryl methyl sites for hydroxylation is 2. The van der Waals surface area contributed by atoms with Crippen LogP contribution in [0.15, 0.2) is 36.4 Å². The number of benzene rings is 2. The first-order valence-corrected chi connectivity index (χ1v) is 8.12. The molecule has 0 aliphatic heterocycles. The summed E-state index contributed by atoms with van der Waals surface area (Å²) < 4.78 is 10.4. The molecule has 2 rings (SSSR count). The molecule has 0 saturated heterocycles. The van der Waals surface area contributed by atoms with Crippen LogP contribution >= 0.6 is 11.6 Å². The van der Waals surface area contributed by atoms with Crippen LogP contribution in [0.25, 0.3) is 0 Å². The van der Waals surface area contributed by atoms with Gasteiger partial charge in [-0.25, -0.2) is 4.79 Å². The van der Waals surface area contributed by atoms with Gasteiger partial charge in [0.2, 0.25) is 0 Å². The molecule has 0 saturated carbocycles. The fourth-order valence-electron chi connectivity index (χ4n) is 2.16. The van der Waals surface area contributed by atoms with Gasteiger partial charge in [0.15, 0.2) is 6.10 Å². The lowest BCUT2D eigenvalue weighted by molar-refractivity contribution is -0.123. The first-order chi connectivity index (χ1) is 11.8. The average molecular weight is 362 g/mol. The van der Waals surface area contributed by atoms with E-state index in [1.807, 2.05) is 19.9 Å². The topological polar surface area (TPSA) is 64.6 Å². The Morgan fingerprint density at radius 2 is 1.80 bits per heavy atom. The Morgan fingerprint density at radius 1 is 1.08 bits per heavy atom. The standard InChI is InChI=1S/C19H20ClNO4/c1-11-5-6-14(9-12(11)2)19(23)25-13(3)18(22)21-16-10-15(20)7-8-17(16)24-4/h5-10,13H,1-4H3,(H,21,22)/t13-/m1/s1. The van der Waals surface area contributed by atoms with Crippen LogP contribution in [0.2, 0.25) is 5.02 Å². The maximum absolute atomic E-state index is 12.3. The van der Waals surface area contributed by atoms with Crippen molar-refractivity contribution in [1.29, 1.82) is 0 Å². The Labute approximate surface area is 151 Å². The van der Waals surface area contributed by atoms with Gasteiger partial charge in [0.1, 0.15) is 5.75 Å². The number of esters is 1. The molecule has 0 heterocycles. The largest absolute Gasteiger partial charge is 0.495 e. The molecule has 0 aliphatic carbocycles. The third-order valence-electron chi connectivity index (χ3n) is 3.82. The van der Waals surface area contributed by atoms with Gasteiger partial charge in [0.25, 0.3) is 5.91 Å². The highest BCUT2D eigenvalue weighted by atomic mass is 35.5. The number of anilines is 1. The van der Waals surface area contributed by atoms with Crippen LogP contribution in [0.1, 0.15) is 28.4 Å². The predicted octanol–water partition coefficient (Wildman–Crippen LogP) is 4.15. The summed E-state index contributed by atoms with van der Waals surface area (Å²) in [6.07, 6.45) is -0.974. The molecule has 0 aliphatic rings. The van der Waals surface area contributed by atoms with Crippen molar-refractivity contribution in [3.05, 3.63) is 58.1 Å². The number of halogens is 1. The predicted molar refractivity (Wildman–Crippen MR) is 97.4 cm³/mol. The molecule has 2 aromatic carbocycles. The summed E-state index contributed by atoms with van der Waals surface area (Å²) in [7, 11) is 1.49. The molecule has 2 aromatic rings. The second-order valence-corrected chi connectivity index (χ2v) is 6.12. The summed E-state index contributed by atoms with van der Waals surface area (Å²) in [6, 6.07) is 10.1. The van der Waals surface area contributed by atoms with Crippen molar-refractivity contribution >= 4 is 29.2 Å². The van der Waals surface area contributed by atoms with Crippen molar-refractivity contribution in [1.82, 2.24) is 0 Å². The molecule has 1 amide bonds. The zero-order valence-corrected chi connectivity index (χ0v) is 15.3. The van der Waals surface area contributed by atoms with Crippen LogP contribution in [0.4, 0.5) is 5.69 Å². The molecule has 0 bridgehead atoms. The van der Waals surface area contributed by atoms with E-state index < -0.39 is 18.0 Å². The highest BCUT2D eigenvalue weighted by Crippen LogP contribution is 2.27. The first kappa shape index (κ1) is 18.8. The number of amides is 1. The van der Waals surface area contributed by atoms with Gasteiger partial charge in [0, 0.05) is 5.02 Å². The molecule has 0 radical (unpaired) electrons. The summed E-state index contributed by atoms with van der Waals surface area (Å²) >= 11 is 5.94. The van der Waals surface area contributed by atoms with Crippen molar-refractivity contribution < 1.29 is 19.1 Å². The van der Waals surface area contributed by atoms with Gasteiger partial charge in [-0.15, -0.1) is 0 Å². The Bertz CT molecular complexity index is 804. The number of carbonyl (C=O) groups is 2. The van der Waals surface area contributed by atoms with Gasteiger partial charge in [-0.1, -0.05) is 17.7 Å². The minimum Gasteiger partial charge on any atom is -0.495 e. The smallest absolute Gasteiger partial charge is 0.338 e. The number of ether oxygens (including phenoxy) is 2. The maximum atomic E-state index is 12.3. The molecule has 25 heavy (non-hydrogen) atoms. The average Bonchev–Trinajstić information content (AvgIpc) is 2.57. The minimum atomic E-state index is -0.974. The van der Waals surface area contributed by atoms with Crippen LogP contribution < -0.4 is 10.1 Å². The van der Waals surface area contributed by atoms with E-state index in [2.05, 4.69) is 5.32 Å². The van der Waals surface area contributed by atoms with E-state index in [1.54, 1.807) is 30.3 Å². The van der Waals surface area contributed by atoms with E-state index in [0.29, 0.717) is 22.0 Å². The quantitative estimate of drug-likeness (QED) is 0.812. The van der Waals surface area contributed by atoms with Gasteiger partial charge in [-0.3, -0.25) is 4.79 Å². The van der Waals surface area contributed by atoms with Crippen molar-refractivity contribution in [2.24, 2.45) is 0 Å². The summed E-state index contributed by atoms with van der Waals surface area (Å²) in [5, 5.41) is 3.11. The third-order valence-corrected chi connectivity index (χ3v) is 4.05. The van der Waals surface area contributed by atoms with Crippen molar-refractivity contribution in [2.75, 3.05) is 12.4 Å². The third kappa shape index (κ3) is 4.73. The molecule has 0 unspecified atom stereocenters. The Balaban J connectivity index is 2.06. The molecule has 0 fully saturated rings. The number of nitrogens with one attached hydrogen (secondary N) is 1. The van der Waals surface area contributed by atoms with E-state index in [9.17, 15) is 9.59 Å². The van der Waals surface area contributed by atoms with E-state index in [4.69, 9.17) is 21.1 Å². The Kier molecular flexibility index (Phi) is 6.04. The molecular formula is C19H20ClNO4. The Hall–Kier alpha value is -2.53. The van der Waals surface area contributed by atoms with Crippen LogP contribution in [0.5, 0.6) is 5.75 Å². The number of hydrogen-bond acceptors (Lipinski definition) is 4. The summed E-state index contributed by atoms with van der Waals surface area (Å²) in [4.78, 5) is 24.5. The summed E-state index contributed by atoms with van der Waals surface area (Å²) in [6.45, 7) is 5.37. The molecule has 132 valence electrons. The lowest BCUT2D eigenvalue weighted by Crippen LogP contribution is -2.30. The molecule has 0 aromatic heterocycles. The van der Waals surface area contributed by atoms with Gasteiger partial charge >= 0.3 is 5.97 Å². The molecule has 1 N–H and O–H groups in total. The van der Waals surface area contributed by atoms with E-state index in [-0.39, 0.29) is 0 Å². The van der Waals surface area contributed by atoms with Crippen LogP contribution in [-0.2, 0) is 9.53 Å². The lowest BCUT2D eigenvalue weighted by Gasteiger charge is -2.15. The SMILES string of the molecule is COc1ccc(Cl)cc1NC(=O)[C@@H](C)OC(=O)c1ccc(C)c(C)c1. The number of rotatable bonds is 5. The zero-order chi connectivity index (χ0) is 18.6. The van der Waals surface area contributed by atoms with Crippen molar-refractivity contribution in [2.45, 2.75) is 26.9 Å². The fraction of sp³-hybridized carbons (Fsp3) is 0.263. The normalized spacial score (nSPS) is 11.6.